The van der Waals surface area contributed by atoms with Crippen LogP contribution in [0.1, 0.15) is 103 Å². The van der Waals surface area contributed by atoms with Gasteiger partial charge in [-0.2, -0.15) is 10.4 Å². The van der Waals surface area contributed by atoms with Gasteiger partial charge in [0.1, 0.15) is 48.3 Å². The minimum atomic E-state index is -4.15. The average Bonchev–Trinajstić information content (AvgIpc) is 3.67. The van der Waals surface area contributed by atoms with Crippen LogP contribution in [0.25, 0.3) is 5.52 Å². The lowest BCUT2D eigenvalue weighted by Crippen LogP contribution is -2.45. The predicted molar refractivity (Wildman–Crippen MR) is 163 cm³/mol. The highest BCUT2D eigenvalue weighted by Gasteiger charge is 2.45. The van der Waals surface area contributed by atoms with Crippen LogP contribution in [-0.2, 0) is 32.9 Å². The highest BCUT2D eigenvalue weighted by molar-refractivity contribution is 7.54. The van der Waals surface area contributed by atoms with E-state index in [1.54, 1.807) is 10.6 Å². The summed E-state index contributed by atoms with van der Waals surface area (Å²) in [6, 6.07) is 3.72. The Morgan fingerprint density at radius 3 is 2.18 bits per heavy atom. The molecule has 0 amide bonds. The van der Waals surface area contributed by atoms with E-state index in [0.29, 0.717) is 23.4 Å². The van der Waals surface area contributed by atoms with E-state index in [1.807, 2.05) is 6.07 Å². The average molecular weight is 646 g/mol. The Morgan fingerprint density at radius 1 is 1.04 bits per heavy atom. The number of nitriles is 1. The summed E-state index contributed by atoms with van der Waals surface area (Å²) in [6.07, 6.45) is 10.5. The van der Waals surface area contributed by atoms with Crippen molar-refractivity contribution in [3.8, 4) is 6.07 Å². The van der Waals surface area contributed by atoms with Gasteiger partial charge in [0.15, 0.2) is 11.4 Å². The number of ether oxygens (including phenoxy) is 3. The quantitative estimate of drug-likeness (QED) is 0.219. The number of aromatic nitrogens is 3. The van der Waals surface area contributed by atoms with Crippen molar-refractivity contribution < 1.29 is 32.9 Å². The van der Waals surface area contributed by atoms with Gasteiger partial charge >= 0.3 is 19.6 Å². The molecule has 0 radical (unpaired) electrons. The second-order valence-electron chi connectivity index (χ2n) is 12.4. The third kappa shape index (κ3) is 8.20. The molecule has 1 saturated heterocycles. The summed E-state index contributed by atoms with van der Waals surface area (Å²) < 4.78 is 39.4. The van der Waals surface area contributed by atoms with Gasteiger partial charge in [0, 0.05) is 0 Å². The zero-order chi connectivity index (χ0) is 32.0. The van der Waals surface area contributed by atoms with E-state index < -0.39 is 50.0 Å². The molecule has 3 fully saturated rings. The Kier molecular flexibility index (Phi) is 10.8. The van der Waals surface area contributed by atoms with Gasteiger partial charge < -0.3 is 24.5 Å². The first-order valence-corrected chi connectivity index (χ1v) is 17.6. The Balaban J connectivity index is 1.28. The fourth-order valence-electron chi connectivity index (χ4n) is 6.22. The van der Waals surface area contributed by atoms with Crippen LogP contribution in [0.5, 0.6) is 0 Å². The molecular formula is C30H44N7O7P. The summed E-state index contributed by atoms with van der Waals surface area (Å²) in [5, 5.41) is 20.0. The van der Waals surface area contributed by atoms with Crippen molar-refractivity contribution in [3.05, 3.63) is 24.2 Å². The van der Waals surface area contributed by atoms with Crippen LogP contribution in [0.4, 0.5) is 5.82 Å². The van der Waals surface area contributed by atoms with Gasteiger partial charge in [0.2, 0.25) is 0 Å². The molecule has 1 aliphatic heterocycles. The van der Waals surface area contributed by atoms with Gasteiger partial charge in [-0.15, -0.1) is 0 Å². The van der Waals surface area contributed by atoms with Gasteiger partial charge in [-0.3, -0.25) is 14.2 Å². The zero-order valence-corrected chi connectivity index (χ0v) is 26.9. The van der Waals surface area contributed by atoms with Crippen molar-refractivity contribution >= 4 is 30.9 Å². The fourth-order valence-corrected chi connectivity index (χ4v) is 8.07. The molecule has 5 rings (SSSR count). The van der Waals surface area contributed by atoms with Gasteiger partial charge in [-0.25, -0.2) is 19.7 Å². The molecule has 4 atom stereocenters. The number of nitrogens with zero attached hydrogens (tertiary/aromatic N) is 4. The molecule has 15 heteroatoms. The summed E-state index contributed by atoms with van der Waals surface area (Å²) in [5.74, 6) is -0.827. The van der Waals surface area contributed by atoms with E-state index in [2.05, 4.69) is 26.3 Å². The van der Waals surface area contributed by atoms with Crippen molar-refractivity contribution in [2.45, 2.75) is 127 Å². The van der Waals surface area contributed by atoms with Crippen LogP contribution in [-0.4, -0.2) is 63.0 Å². The molecule has 2 aromatic rings. The minimum absolute atomic E-state index is 0.190. The molecule has 0 bridgehead atoms. The van der Waals surface area contributed by atoms with Crippen molar-refractivity contribution in [1.82, 2.24) is 24.8 Å². The van der Waals surface area contributed by atoms with Crippen LogP contribution in [0.15, 0.2) is 18.5 Å². The number of nitrogens with one attached hydrogen (secondary N) is 2. The van der Waals surface area contributed by atoms with E-state index in [9.17, 15) is 19.4 Å². The smallest absolute Gasteiger partial charge is 0.342 e. The number of carbonyl (C=O) groups is 2. The first-order chi connectivity index (χ1) is 21.6. The largest absolute Gasteiger partial charge is 0.461 e. The fraction of sp³-hybridized carbons (Fsp3) is 0.700. The number of rotatable bonds is 12. The normalized spacial score (nSPS) is 24.6. The molecule has 0 spiro atoms. The SMILES string of the molecule is C[C@H](NP(=O)(N[C@@H](C)C(=O)OC1CCCCC1)OC[C@]1(C#N)CC[C@H](c2ccc3c(N)ncnn23)O1)C(=O)OC1CCCCC1. The summed E-state index contributed by atoms with van der Waals surface area (Å²) >= 11 is 0. The molecule has 4 N–H and O–H groups in total. The summed E-state index contributed by atoms with van der Waals surface area (Å²) in [5.41, 5.74) is 5.82. The third-order valence-corrected chi connectivity index (χ3v) is 10.8. The zero-order valence-electron chi connectivity index (χ0n) is 26.0. The number of nitrogen functional groups attached to an aromatic ring is 1. The number of anilines is 1. The number of hydrogen-bond donors (Lipinski definition) is 3. The lowest BCUT2D eigenvalue weighted by molar-refractivity contribution is -0.152. The number of hydrogen-bond acceptors (Lipinski definition) is 11. The topological polar surface area (TPSA) is 192 Å². The number of nitrogens with two attached hydrogens (primary N) is 1. The Hall–Kier alpha value is -3.08. The molecule has 2 saturated carbocycles. The lowest BCUT2D eigenvalue weighted by atomic mass is 9.98. The Labute approximate surface area is 263 Å². The minimum Gasteiger partial charge on any atom is -0.461 e. The number of fused-ring (bicyclic) bond motifs is 1. The molecule has 246 valence electrons. The van der Waals surface area contributed by atoms with Crippen molar-refractivity contribution in [2.75, 3.05) is 12.3 Å². The molecule has 3 heterocycles. The highest BCUT2D eigenvalue weighted by atomic mass is 31.2. The van der Waals surface area contributed by atoms with Crippen molar-refractivity contribution in [3.63, 3.8) is 0 Å². The molecular weight excluding hydrogens is 601 g/mol. The second kappa shape index (κ2) is 14.6. The standard InChI is InChI=1S/C30H44N7O7P/c1-20(28(38)42-22-9-5-3-6-10-22)35-45(40,36-21(2)29(39)43-23-11-7-4-8-12-23)41-18-30(17-31)16-15-26(44-30)24-13-14-25-27(32)33-19-34-37(24)25/h13-14,19-23,26H,3-12,15-16,18H2,1-2H3,(H2,32,33,34)(H2,35,36,40)/t20-,21-,26+,30+/m0/s1. The van der Waals surface area contributed by atoms with E-state index in [-0.39, 0.29) is 18.6 Å². The number of carbonyl (C=O) groups excluding carboxylic acids is 2. The van der Waals surface area contributed by atoms with Gasteiger partial charge in [-0.05, 0) is 90.2 Å². The van der Waals surface area contributed by atoms with Crippen LogP contribution >= 0.6 is 7.67 Å². The van der Waals surface area contributed by atoms with Crippen molar-refractivity contribution in [1.29, 1.82) is 5.26 Å². The predicted octanol–water partition coefficient (Wildman–Crippen LogP) is 4.26. The Morgan fingerprint density at radius 2 is 1.62 bits per heavy atom. The summed E-state index contributed by atoms with van der Waals surface area (Å²) in [4.78, 5) is 30.0. The van der Waals surface area contributed by atoms with Crippen LogP contribution in [0.2, 0.25) is 0 Å². The van der Waals surface area contributed by atoms with Crippen LogP contribution in [0, 0.1) is 11.3 Å². The Bertz CT molecular complexity index is 1390. The molecule has 45 heavy (non-hydrogen) atoms. The van der Waals surface area contributed by atoms with E-state index in [0.717, 1.165) is 64.2 Å². The van der Waals surface area contributed by atoms with Crippen LogP contribution in [0.3, 0.4) is 0 Å². The second-order valence-corrected chi connectivity index (χ2v) is 14.2. The van der Waals surface area contributed by atoms with E-state index >= 15 is 0 Å². The first-order valence-electron chi connectivity index (χ1n) is 16.0. The highest BCUT2D eigenvalue weighted by Crippen LogP contribution is 2.45. The molecule has 3 aliphatic rings. The maximum absolute atomic E-state index is 14.3. The van der Waals surface area contributed by atoms with Crippen molar-refractivity contribution in [2.24, 2.45) is 0 Å². The number of esters is 2. The van der Waals surface area contributed by atoms with Crippen LogP contribution < -0.4 is 15.9 Å². The first kappa shape index (κ1) is 33.3. The molecule has 14 nitrogen and oxygen atoms in total. The van der Waals surface area contributed by atoms with Gasteiger partial charge in [0.05, 0.1) is 12.3 Å². The lowest BCUT2D eigenvalue weighted by Gasteiger charge is -2.30. The maximum atomic E-state index is 14.3. The molecule has 2 aliphatic carbocycles. The third-order valence-electron chi connectivity index (χ3n) is 8.81. The van der Waals surface area contributed by atoms with Gasteiger partial charge in [-0.1, -0.05) is 12.8 Å². The van der Waals surface area contributed by atoms with E-state index in [4.69, 9.17) is 24.5 Å². The van der Waals surface area contributed by atoms with E-state index in [1.165, 1.54) is 20.2 Å². The molecule has 0 aromatic carbocycles. The summed E-state index contributed by atoms with van der Waals surface area (Å²) in [7, 11) is -4.15. The maximum Gasteiger partial charge on any atom is 0.342 e. The van der Waals surface area contributed by atoms with Gasteiger partial charge in [0.25, 0.3) is 0 Å². The monoisotopic (exact) mass is 645 g/mol. The summed E-state index contributed by atoms with van der Waals surface area (Å²) in [6.45, 7) is 2.66. The molecule has 2 aromatic heterocycles. The molecule has 0 unspecified atom stereocenters.